The highest BCUT2D eigenvalue weighted by Gasteiger charge is 2.21. The summed E-state index contributed by atoms with van der Waals surface area (Å²) in [4.78, 5) is 4.83. The van der Waals surface area contributed by atoms with E-state index in [4.69, 9.17) is 4.98 Å². The molecule has 0 atom stereocenters. The third-order valence-corrected chi connectivity index (χ3v) is 6.24. The number of para-hydroxylation sites is 2. The van der Waals surface area contributed by atoms with Crippen molar-refractivity contribution in [3.63, 3.8) is 0 Å². The van der Waals surface area contributed by atoms with Crippen LogP contribution in [0.5, 0.6) is 0 Å². The summed E-state index contributed by atoms with van der Waals surface area (Å²) in [6.07, 6.45) is 5.51. The van der Waals surface area contributed by atoms with Crippen molar-refractivity contribution in [2.24, 2.45) is 5.92 Å². The number of fused-ring (bicyclic) bond motifs is 3. The molecule has 164 valence electrons. The molecule has 0 aliphatic heterocycles. The Balaban J connectivity index is 1.90. The van der Waals surface area contributed by atoms with Crippen LogP contribution in [0.15, 0.2) is 48.5 Å². The van der Waals surface area contributed by atoms with Gasteiger partial charge >= 0.3 is 0 Å². The zero-order chi connectivity index (χ0) is 22.7. The van der Waals surface area contributed by atoms with Crippen LogP contribution in [0, 0.1) is 24.2 Å². The number of hydrogen-bond acceptors (Lipinski definition) is 3. The van der Waals surface area contributed by atoms with E-state index in [0.29, 0.717) is 11.5 Å². The molecule has 4 nitrogen and oxygen atoms in total. The Labute approximate surface area is 190 Å². The number of nitriles is 1. The number of pyridine rings is 1. The van der Waals surface area contributed by atoms with Crippen molar-refractivity contribution < 1.29 is 0 Å². The molecule has 32 heavy (non-hydrogen) atoms. The first-order valence-electron chi connectivity index (χ1n) is 11.7. The van der Waals surface area contributed by atoms with Crippen LogP contribution in [0.4, 0.5) is 11.5 Å². The molecule has 0 amide bonds. The molecule has 0 aliphatic carbocycles. The van der Waals surface area contributed by atoms with E-state index in [9.17, 15) is 5.26 Å². The molecule has 2 heterocycles. The van der Waals surface area contributed by atoms with Gasteiger partial charge in [-0.2, -0.15) is 5.26 Å². The number of aromatic nitrogens is 2. The monoisotopic (exact) mass is 424 g/mol. The van der Waals surface area contributed by atoms with Crippen LogP contribution in [-0.2, 0) is 12.8 Å². The molecular formula is C28H32N4. The maximum absolute atomic E-state index is 10.0. The van der Waals surface area contributed by atoms with Gasteiger partial charge in [0.1, 0.15) is 11.9 Å². The molecule has 0 unspecified atom stereocenters. The predicted molar refractivity (Wildman–Crippen MR) is 134 cm³/mol. The van der Waals surface area contributed by atoms with Crippen molar-refractivity contribution in [2.45, 2.75) is 59.8 Å². The summed E-state index contributed by atoms with van der Waals surface area (Å²) in [6.45, 7) is 8.77. The van der Waals surface area contributed by atoms with E-state index < -0.39 is 0 Å². The second-order valence-electron chi connectivity index (χ2n) is 9.06. The second-order valence-corrected chi connectivity index (χ2v) is 9.06. The molecule has 4 heteroatoms. The topological polar surface area (TPSA) is 53.1 Å². The molecule has 0 saturated heterocycles. The van der Waals surface area contributed by atoms with Crippen molar-refractivity contribution >= 4 is 28.2 Å². The molecule has 0 bridgehead atoms. The maximum atomic E-state index is 10.0. The molecule has 0 spiro atoms. The van der Waals surface area contributed by atoms with Gasteiger partial charge in [0.05, 0.1) is 16.6 Å². The van der Waals surface area contributed by atoms with Gasteiger partial charge in [-0.05, 0) is 79.5 Å². The second kappa shape index (κ2) is 9.44. The average molecular weight is 425 g/mol. The fraction of sp³-hybridized carbons (Fsp3) is 0.357. The lowest BCUT2D eigenvalue weighted by molar-refractivity contribution is 0.585. The number of aryl methyl sites for hydroxylation is 1. The molecule has 0 saturated carbocycles. The predicted octanol–water partition coefficient (Wildman–Crippen LogP) is 7.34. The zero-order valence-electron chi connectivity index (χ0n) is 19.6. The third-order valence-electron chi connectivity index (χ3n) is 6.24. The Morgan fingerprint density at radius 1 is 1.06 bits per heavy atom. The van der Waals surface area contributed by atoms with Gasteiger partial charge in [-0.25, -0.2) is 4.98 Å². The lowest BCUT2D eigenvalue weighted by Gasteiger charge is -2.20. The standard InChI is InChI=1S/C28H32N4/c1-5-6-9-21-13-15-22(16-14-21)30-27-23(17-12-19(2)3)20(4)24(18-29)28-31-25-10-7-8-11-26(25)32(27)28/h7-8,10-11,13-16,19,30H,5-6,9,12,17H2,1-4H3. The average Bonchev–Trinajstić information content (AvgIpc) is 3.17. The first-order chi connectivity index (χ1) is 15.5. The van der Waals surface area contributed by atoms with E-state index in [-0.39, 0.29) is 0 Å². The fourth-order valence-electron chi connectivity index (χ4n) is 4.33. The number of unbranched alkanes of at least 4 members (excludes halogenated alkanes) is 1. The van der Waals surface area contributed by atoms with E-state index >= 15 is 0 Å². The normalized spacial score (nSPS) is 11.4. The number of rotatable bonds is 8. The quantitative estimate of drug-likeness (QED) is 0.322. The summed E-state index contributed by atoms with van der Waals surface area (Å²) in [5.74, 6) is 1.60. The zero-order valence-corrected chi connectivity index (χ0v) is 19.6. The van der Waals surface area contributed by atoms with Gasteiger partial charge in [-0.3, -0.25) is 4.40 Å². The van der Waals surface area contributed by atoms with Crippen LogP contribution in [0.2, 0.25) is 0 Å². The summed E-state index contributed by atoms with van der Waals surface area (Å²) >= 11 is 0. The third kappa shape index (κ3) is 4.21. The summed E-state index contributed by atoms with van der Waals surface area (Å²) in [6, 6.07) is 19.3. The molecule has 0 radical (unpaired) electrons. The Hall–Kier alpha value is -3.32. The summed E-state index contributed by atoms with van der Waals surface area (Å²) in [5, 5.41) is 13.7. The van der Waals surface area contributed by atoms with E-state index in [1.165, 1.54) is 24.0 Å². The Kier molecular flexibility index (Phi) is 6.46. The van der Waals surface area contributed by atoms with Crippen molar-refractivity contribution in [2.75, 3.05) is 5.32 Å². The van der Waals surface area contributed by atoms with Crippen LogP contribution in [0.25, 0.3) is 16.7 Å². The van der Waals surface area contributed by atoms with Crippen LogP contribution < -0.4 is 5.32 Å². The van der Waals surface area contributed by atoms with Crippen molar-refractivity contribution in [3.05, 3.63) is 70.8 Å². The van der Waals surface area contributed by atoms with Gasteiger partial charge < -0.3 is 5.32 Å². The minimum atomic E-state index is 0.584. The van der Waals surface area contributed by atoms with E-state index in [1.54, 1.807) is 0 Å². The summed E-state index contributed by atoms with van der Waals surface area (Å²) in [5.41, 5.74) is 7.96. The van der Waals surface area contributed by atoms with Gasteiger partial charge in [0.25, 0.3) is 0 Å². The van der Waals surface area contributed by atoms with Crippen molar-refractivity contribution in [1.29, 1.82) is 5.26 Å². The summed E-state index contributed by atoms with van der Waals surface area (Å²) in [7, 11) is 0. The molecule has 1 N–H and O–H groups in total. The SMILES string of the molecule is CCCCc1ccc(Nc2c(CCC(C)C)c(C)c(C#N)c3nc4ccccc4n23)cc1. The van der Waals surface area contributed by atoms with Gasteiger partial charge in [-0.15, -0.1) is 0 Å². The number of nitrogens with one attached hydrogen (secondary N) is 1. The van der Waals surface area contributed by atoms with Gasteiger partial charge in [0.2, 0.25) is 0 Å². The van der Waals surface area contributed by atoms with Gasteiger partial charge in [0.15, 0.2) is 5.65 Å². The highest BCUT2D eigenvalue weighted by Crippen LogP contribution is 2.34. The molecule has 4 aromatic rings. The van der Waals surface area contributed by atoms with Crippen molar-refractivity contribution in [3.8, 4) is 6.07 Å². The van der Waals surface area contributed by atoms with Gasteiger partial charge in [0, 0.05) is 5.69 Å². The lowest BCUT2D eigenvalue weighted by atomic mass is 9.96. The molecule has 0 fully saturated rings. The van der Waals surface area contributed by atoms with Crippen LogP contribution in [-0.4, -0.2) is 9.38 Å². The Morgan fingerprint density at radius 2 is 1.81 bits per heavy atom. The fourth-order valence-corrected chi connectivity index (χ4v) is 4.33. The highest BCUT2D eigenvalue weighted by atomic mass is 15.1. The molecule has 0 aliphatic rings. The van der Waals surface area contributed by atoms with Gasteiger partial charge in [-0.1, -0.05) is 51.5 Å². The molecule has 2 aromatic heterocycles. The number of benzene rings is 2. The molecular weight excluding hydrogens is 392 g/mol. The maximum Gasteiger partial charge on any atom is 0.157 e. The lowest BCUT2D eigenvalue weighted by Crippen LogP contribution is -2.09. The van der Waals surface area contributed by atoms with Crippen LogP contribution in [0.1, 0.15) is 62.3 Å². The minimum absolute atomic E-state index is 0.584. The number of imidazole rings is 1. The summed E-state index contributed by atoms with van der Waals surface area (Å²) < 4.78 is 2.14. The number of hydrogen-bond donors (Lipinski definition) is 1. The van der Waals surface area contributed by atoms with E-state index in [2.05, 4.69) is 73.8 Å². The van der Waals surface area contributed by atoms with Crippen molar-refractivity contribution in [1.82, 2.24) is 9.38 Å². The molecule has 4 rings (SSSR count). The van der Waals surface area contributed by atoms with Crippen LogP contribution >= 0.6 is 0 Å². The Morgan fingerprint density at radius 3 is 2.50 bits per heavy atom. The highest BCUT2D eigenvalue weighted by molar-refractivity contribution is 5.87. The number of anilines is 2. The Bertz CT molecular complexity index is 1270. The van der Waals surface area contributed by atoms with Crippen LogP contribution in [0.3, 0.4) is 0 Å². The first-order valence-corrected chi connectivity index (χ1v) is 11.7. The van der Waals surface area contributed by atoms with E-state index in [1.807, 2.05) is 18.2 Å². The van der Waals surface area contributed by atoms with E-state index in [0.717, 1.165) is 53.0 Å². The smallest absolute Gasteiger partial charge is 0.157 e. The largest absolute Gasteiger partial charge is 0.341 e. The first kappa shape index (κ1) is 21.9. The number of nitrogens with zero attached hydrogens (tertiary/aromatic N) is 3. The molecule has 2 aromatic carbocycles. The minimum Gasteiger partial charge on any atom is -0.341 e.